The van der Waals surface area contributed by atoms with Gasteiger partial charge in [-0.15, -0.1) is 0 Å². The summed E-state index contributed by atoms with van der Waals surface area (Å²) >= 11 is 0. The molecule has 0 saturated carbocycles. The summed E-state index contributed by atoms with van der Waals surface area (Å²) in [5.74, 6) is -4.98. The molecule has 0 heterocycles. The average Bonchev–Trinajstić information content (AvgIpc) is 2.17. The smallest absolute Gasteiger partial charge is 0.549 e. The van der Waals surface area contributed by atoms with Crippen LogP contribution in [0.2, 0.25) is 0 Å². The Balaban J connectivity index is 0. The van der Waals surface area contributed by atoms with Crippen molar-refractivity contribution in [3.63, 3.8) is 0 Å². The van der Waals surface area contributed by atoms with E-state index in [9.17, 15) is 19.8 Å². The minimum atomic E-state index is -1.69. The van der Waals surface area contributed by atoms with Crippen LogP contribution in [0.15, 0.2) is 24.3 Å². The number of benzene rings is 1. The first-order valence-corrected chi connectivity index (χ1v) is 4.57. The summed E-state index contributed by atoms with van der Waals surface area (Å²) in [6, 6.07) is 6.47. The van der Waals surface area contributed by atoms with E-state index >= 15 is 0 Å². The van der Waals surface area contributed by atoms with E-state index in [1.807, 2.05) is 6.92 Å². The molecule has 0 aliphatic carbocycles. The SMILES string of the molecule is CCc1ccccc1C(C(=O)[O-])C(=O)[O-].[K+].[Na+]. The van der Waals surface area contributed by atoms with Crippen molar-refractivity contribution in [3.8, 4) is 0 Å². The van der Waals surface area contributed by atoms with Gasteiger partial charge in [-0.05, 0) is 17.5 Å². The number of aryl methyl sites for hydroxylation is 1. The first-order valence-electron chi connectivity index (χ1n) is 4.57. The number of carboxylic acids is 2. The summed E-state index contributed by atoms with van der Waals surface area (Å²) in [6.07, 6.45) is 0.563. The number of carboxylic acid groups (broad SMARTS) is 2. The van der Waals surface area contributed by atoms with Crippen LogP contribution < -0.4 is 91.2 Å². The molecular formula is C11H10KNaO4. The second kappa shape index (κ2) is 9.69. The van der Waals surface area contributed by atoms with Gasteiger partial charge in [0, 0.05) is 0 Å². The van der Waals surface area contributed by atoms with E-state index < -0.39 is 17.9 Å². The van der Waals surface area contributed by atoms with E-state index in [0.29, 0.717) is 12.0 Å². The number of aliphatic carboxylic acids is 2. The molecule has 1 aromatic carbocycles. The maximum absolute atomic E-state index is 10.7. The summed E-state index contributed by atoms with van der Waals surface area (Å²) in [6.45, 7) is 1.82. The second-order valence-corrected chi connectivity index (χ2v) is 3.12. The van der Waals surface area contributed by atoms with Crippen LogP contribution in [0.25, 0.3) is 0 Å². The molecule has 0 aliphatic rings. The van der Waals surface area contributed by atoms with Crippen molar-refractivity contribution < 1.29 is 101 Å². The maximum Gasteiger partial charge on any atom is 1.00 e. The minimum absolute atomic E-state index is 0. The van der Waals surface area contributed by atoms with E-state index in [4.69, 9.17) is 0 Å². The van der Waals surface area contributed by atoms with Gasteiger partial charge in [-0.25, -0.2) is 0 Å². The van der Waals surface area contributed by atoms with E-state index in [0.717, 1.165) is 0 Å². The molecule has 0 atom stereocenters. The summed E-state index contributed by atoms with van der Waals surface area (Å²) in [5, 5.41) is 21.4. The molecule has 0 radical (unpaired) electrons. The zero-order valence-corrected chi connectivity index (χ0v) is 15.3. The predicted molar refractivity (Wildman–Crippen MR) is 48.6 cm³/mol. The minimum Gasteiger partial charge on any atom is -0.549 e. The normalized spacial score (nSPS) is 9.06. The van der Waals surface area contributed by atoms with Gasteiger partial charge in [-0.1, -0.05) is 31.2 Å². The van der Waals surface area contributed by atoms with Crippen LogP contribution in [0.3, 0.4) is 0 Å². The number of hydrogen-bond donors (Lipinski definition) is 0. The van der Waals surface area contributed by atoms with Gasteiger partial charge in [0.1, 0.15) is 0 Å². The molecule has 6 heteroatoms. The van der Waals surface area contributed by atoms with Gasteiger partial charge in [-0.2, -0.15) is 0 Å². The fourth-order valence-electron chi connectivity index (χ4n) is 1.49. The molecular weight excluding hydrogens is 258 g/mol. The van der Waals surface area contributed by atoms with Gasteiger partial charge < -0.3 is 19.8 Å². The average molecular weight is 268 g/mol. The molecule has 1 aromatic rings. The van der Waals surface area contributed by atoms with Gasteiger partial charge in [0.15, 0.2) is 0 Å². The quantitative estimate of drug-likeness (QED) is 0.401. The largest absolute Gasteiger partial charge is 1.00 e. The summed E-state index contributed by atoms with van der Waals surface area (Å²) in [7, 11) is 0. The Morgan fingerprint density at radius 3 is 2.06 bits per heavy atom. The van der Waals surface area contributed by atoms with Gasteiger partial charge >= 0.3 is 80.9 Å². The predicted octanol–water partition coefficient (Wildman–Crippen LogP) is -7.16. The maximum atomic E-state index is 10.7. The molecule has 0 bridgehead atoms. The molecule has 80 valence electrons. The zero-order valence-electron chi connectivity index (χ0n) is 10.2. The van der Waals surface area contributed by atoms with Gasteiger partial charge in [0.25, 0.3) is 0 Å². The van der Waals surface area contributed by atoms with Crippen LogP contribution in [-0.2, 0) is 16.0 Å². The number of carbonyl (C=O) groups excluding carboxylic acids is 2. The summed E-state index contributed by atoms with van der Waals surface area (Å²) < 4.78 is 0. The van der Waals surface area contributed by atoms with E-state index in [2.05, 4.69) is 0 Å². The van der Waals surface area contributed by atoms with Crippen LogP contribution in [-0.4, -0.2) is 11.9 Å². The van der Waals surface area contributed by atoms with E-state index in [1.165, 1.54) is 6.07 Å². The zero-order chi connectivity index (χ0) is 11.4. The first-order chi connectivity index (χ1) is 7.07. The Labute approximate surface area is 165 Å². The third-order valence-corrected chi connectivity index (χ3v) is 2.22. The molecule has 0 unspecified atom stereocenters. The number of hydrogen-bond acceptors (Lipinski definition) is 4. The van der Waals surface area contributed by atoms with Crippen LogP contribution in [0.1, 0.15) is 24.0 Å². The molecule has 4 nitrogen and oxygen atoms in total. The Bertz CT molecular complexity index is 381. The first kappa shape index (κ1) is 20.1. The molecule has 0 spiro atoms. The van der Waals surface area contributed by atoms with Crippen molar-refractivity contribution in [1.29, 1.82) is 0 Å². The Morgan fingerprint density at radius 2 is 1.65 bits per heavy atom. The molecule has 1 rings (SSSR count). The fraction of sp³-hybridized carbons (Fsp3) is 0.273. The van der Waals surface area contributed by atoms with Gasteiger partial charge in [-0.3, -0.25) is 0 Å². The number of carbonyl (C=O) groups is 2. The summed E-state index contributed by atoms with van der Waals surface area (Å²) in [4.78, 5) is 21.4. The van der Waals surface area contributed by atoms with Crippen LogP contribution >= 0.6 is 0 Å². The van der Waals surface area contributed by atoms with Crippen LogP contribution in [0.4, 0.5) is 0 Å². The number of rotatable bonds is 4. The van der Waals surface area contributed by atoms with Crippen molar-refractivity contribution in [2.75, 3.05) is 0 Å². The fourth-order valence-corrected chi connectivity index (χ4v) is 1.49. The third-order valence-electron chi connectivity index (χ3n) is 2.22. The van der Waals surface area contributed by atoms with E-state index in [-0.39, 0.29) is 86.5 Å². The molecule has 0 fully saturated rings. The molecule has 0 N–H and O–H groups in total. The standard InChI is InChI=1S/C11H12O4.K.Na/c1-2-7-5-3-4-6-8(7)9(10(12)13)11(14)15;;/h3-6,9H,2H2,1H3,(H,12,13)(H,14,15);;/q;2*+1/p-2. The van der Waals surface area contributed by atoms with Crippen LogP contribution in [0.5, 0.6) is 0 Å². The van der Waals surface area contributed by atoms with Crippen molar-refractivity contribution in [2.24, 2.45) is 0 Å². The monoisotopic (exact) mass is 268 g/mol. The topological polar surface area (TPSA) is 80.3 Å². The molecule has 0 amide bonds. The van der Waals surface area contributed by atoms with E-state index in [1.54, 1.807) is 18.2 Å². The van der Waals surface area contributed by atoms with Crippen LogP contribution in [0, 0.1) is 0 Å². The van der Waals surface area contributed by atoms with Crippen molar-refractivity contribution >= 4 is 11.9 Å². The second-order valence-electron chi connectivity index (χ2n) is 3.12. The van der Waals surface area contributed by atoms with Crippen molar-refractivity contribution in [2.45, 2.75) is 19.3 Å². The Hall–Kier alpha value is 0.796. The Kier molecular flexibility index (Phi) is 11.5. The van der Waals surface area contributed by atoms with Crippen molar-refractivity contribution in [3.05, 3.63) is 35.4 Å². The molecule has 0 aliphatic heterocycles. The molecule has 17 heavy (non-hydrogen) atoms. The Morgan fingerprint density at radius 1 is 1.18 bits per heavy atom. The third kappa shape index (κ3) is 5.53. The van der Waals surface area contributed by atoms with Gasteiger partial charge in [0.05, 0.1) is 17.9 Å². The summed E-state index contributed by atoms with van der Waals surface area (Å²) in [5.41, 5.74) is 0.913. The molecule has 0 aromatic heterocycles. The van der Waals surface area contributed by atoms with Gasteiger partial charge in [0.2, 0.25) is 0 Å². The molecule has 0 saturated heterocycles. The van der Waals surface area contributed by atoms with Crippen molar-refractivity contribution in [1.82, 2.24) is 0 Å².